The second kappa shape index (κ2) is 8.99. The Morgan fingerprint density at radius 2 is 2.00 bits per heavy atom. The highest BCUT2D eigenvalue weighted by molar-refractivity contribution is 6.34. The first-order chi connectivity index (χ1) is 16.5. The second-order valence-electron chi connectivity index (χ2n) is 7.64. The highest BCUT2D eigenvalue weighted by Crippen LogP contribution is 2.41. The van der Waals surface area contributed by atoms with Gasteiger partial charge in [0.05, 0.1) is 21.8 Å². The maximum absolute atomic E-state index is 13.6. The number of hydrogen-bond acceptors (Lipinski definition) is 6. The van der Waals surface area contributed by atoms with E-state index in [4.69, 9.17) is 23.9 Å². The van der Waals surface area contributed by atoms with Crippen molar-refractivity contribution in [2.24, 2.45) is 0 Å². The Hall–Kier alpha value is -3.98. The molecule has 1 atom stereocenters. The zero-order valence-electron chi connectivity index (χ0n) is 17.9. The minimum atomic E-state index is -4.69. The Morgan fingerprint density at radius 1 is 1.26 bits per heavy atom. The molecule has 1 aromatic carbocycles. The largest absolute Gasteiger partial charge is 0.418 e. The zero-order chi connectivity index (χ0) is 25.5. The van der Waals surface area contributed by atoms with Crippen molar-refractivity contribution in [3.8, 4) is 11.3 Å². The van der Waals surface area contributed by atoms with Crippen molar-refractivity contribution >= 4 is 40.0 Å². The summed E-state index contributed by atoms with van der Waals surface area (Å²) in [5, 5.41) is 0.374. The third-order valence-electron chi connectivity index (χ3n) is 5.48. The smallest absolute Gasteiger partial charge is 0.384 e. The fourth-order valence-electron chi connectivity index (χ4n) is 3.86. The van der Waals surface area contributed by atoms with Crippen LogP contribution in [0.15, 0.2) is 43.0 Å². The fraction of sp³-hybridized carbons (Fsp3) is 0.227. The number of hydrogen-bond donors (Lipinski definition) is 1. The van der Waals surface area contributed by atoms with E-state index < -0.39 is 35.3 Å². The molecule has 180 valence electrons. The summed E-state index contributed by atoms with van der Waals surface area (Å²) >= 11 is 6.40. The standard InChI is InChI=1S/C22H16ClF4N7O/c1-11(24)21(35)34-6-5-33(9-18(34)29-2)20-13-7-15(23)12(8-16(13)30-10-31-20)19-14(22(25,26)27)3-4-17(28)32-19/h3-4,7-8,10,18H,1,5-6,9H2,(H2,28,32). The molecule has 0 spiro atoms. The minimum Gasteiger partial charge on any atom is -0.384 e. The number of benzene rings is 1. The van der Waals surface area contributed by atoms with Gasteiger partial charge >= 0.3 is 12.3 Å². The molecule has 0 saturated carbocycles. The maximum atomic E-state index is 13.6. The van der Waals surface area contributed by atoms with Gasteiger partial charge in [-0.3, -0.25) is 14.5 Å². The van der Waals surface area contributed by atoms with Crippen molar-refractivity contribution < 1.29 is 22.4 Å². The van der Waals surface area contributed by atoms with E-state index >= 15 is 0 Å². The molecule has 1 aliphatic rings. The van der Waals surface area contributed by atoms with Crippen molar-refractivity contribution in [1.82, 2.24) is 19.9 Å². The second-order valence-corrected chi connectivity index (χ2v) is 8.04. The summed E-state index contributed by atoms with van der Waals surface area (Å²) < 4.78 is 54.1. The van der Waals surface area contributed by atoms with Crippen molar-refractivity contribution in [3.63, 3.8) is 0 Å². The third kappa shape index (κ3) is 4.54. The van der Waals surface area contributed by atoms with E-state index in [2.05, 4.69) is 26.4 Å². The fourth-order valence-corrected chi connectivity index (χ4v) is 4.12. The van der Waals surface area contributed by atoms with Gasteiger partial charge in [-0.1, -0.05) is 18.2 Å². The van der Waals surface area contributed by atoms with E-state index in [0.717, 1.165) is 17.0 Å². The number of amides is 1. The van der Waals surface area contributed by atoms with Gasteiger partial charge in [0.25, 0.3) is 5.91 Å². The molecule has 3 heterocycles. The normalized spacial score (nSPS) is 16.3. The number of nitrogens with zero attached hydrogens (tertiary/aromatic N) is 6. The molecule has 0 radical (unpaired) electrons. The number of carbonyl (C=O) groups excluding carboxylic acids is 1. The number of alkyl halides is 3. The van der Waals surface area contributed by atoms with Crippen LogP contribution in [0.3, 0.4) is 0 Å². The molecule has 1 unspecified atom stereocenters. The molecule has 4 rings (SSSR count). The molecule has 8 nitrogen and oxygen atoms in total. The summed E-state index contributed by atoms with van der Waals surface area (Å²) in [6.07, 6.45) is -4.46. The van der Waals surface area contributed by atoms with E-state index in [1.165, 1.54) is 18.5 Å². The molecule has 1 saturated heterocycles. The Morgan fingerprint density at radius 3 is 2.66 bits per heavy atom. The topological polar surface area (TPSA) is 92.6 Å². The monoisotopic (exact) mass is 505 g/mol. The summed E-state index contributed by atoms with van der Waals surface area (Å²) in [6.45, 7) is 10.7. The lowest BCUT2D eigenvalue weighted by Crippen LogP contribution is -2.54. The molecular formula is C22H16ClF4N7O. The highest BCUT2D eigenvalue weighted by Gasteiger charge is 2.37. The van der Waals surface area contributed by atoms with Crippen LogP contribution >= 0.6 is 11.6 Å². The summed E-state index contributed by atoms with van der Waals surface area (Å²) in [5.74, 6) is -1.87. The third-order valence-corrected chi connectivity index (χ3v) is 5.79. The number of aromatic nitrogens is 3. The van der Waals surface area contributed by atoms with Crippen LogP contribution in [0.25, 0.3) is 27.0 Å². The Balaban J connectivity index is 1.77. The molecule has 3 aromatic rings. The lowest BCUT2D eigenvalue weighted by molar-refractivity contribution is -0.137. The first kappa shape index (κ1) is 24.2. The molecule has 35 heavy (non-hydrogen) atoms. The van der Waals surface area contributed by atoms with Crippen LogP contribution in [0.2, 0.25) is 5.02 Å². The average molecular weight is 506 g/mol. The number of pyridine rings is 1. The van der Waals surface area contributed by atoms with E-state index in [9.17, 15) is 22.4 Å². The molecule has 1 aliphatic heterocycles. The van der Waals surface area contributed by atoms with Crippen molar-refractivity contribution in [2.75, 3.05) is 30.3 Å². The van der Waals surface area contributed by atoms with Crippen molar-refractivity contribution in [1.29, 1.82) is 0 Å². The van der Waals surface area contributed by atoms with Crippen LogP contribution < -0.4 is 10.6 Å². The number of anilines is 2. The first-order valence-electron chi connectivity index (χ1n) is 10.1. The predicted molar refractivity (Wildman–Crippen MR) is 122 cm³/mol. The number of fused-ring (bicyclic) bond motifs is 1. The van der Waals surface area contributed by atoms with Gasteiger partial charge in [0.15, 0.2) is 5.83 Å². The Bertz CT molecular complexity index is 1390. The zero-order valence-corrected chi connectivity index (χ0v) is 18.6. The number of rotatable bonds is 3. The number of piperazine rings is 1. The molecule has 0 aliphatic carbocycles. The maximum Gasteiger partial charge on any atom is 0.418 e. The lowest BCUT2D eigenvalue weighted by atomic mass is 10.0. The lowest BCUT2D eigenvalue weighted by Gasteiger charge is -2.35. The first-order valence-corrected chi connectivity index (χ1v) is 10.4. The van der Waals surface area contributed by atoms with E-state index in [-0.39, 0.29) is 41.6 Å². The summed E-state index contributed by atoms with van der Waals surface area (Å²) in [6, 6.07) is 4.67. The number of carbonyl (C=O) groups is 1. The number of nitrogen functional groups attached to an aromatic ring is 1. The summed E-state index contributed by atoms with van der Waals surface area (Å²) in [7, 11) is 0. The van der Waals surface area contributed by atoms with Gasteiger partial charge < -0.3 is 10.6 Å². The quantitative estimate of drug-likeness (QED) is 0.324. The van der Waals surface area contributed by atoms with E-state index in [1.54, 1.807) is 4.90 Å². The van der Waals surface area contributed by atoms with Crippen LogP contribution in [0, 0.1) is 6.57 Å². The van der Waals surface area contributed by atoms with E-state index in [0.29, 0.717) is 11.2 Å². The average Bonchev–Trinajstić information content (AvgIpc) is 2.81. The molecule has 1 amide bonds. The Labute approximate surface area is 201 Å². The number of halogens is 5. The SMILES string of the molecule is [C-]#[N+]C1CN(c2ncnc3cc(-c4nc(N)ccc4C(F)(F)F)c(Cl)cc23)CCN1C(=O)C(=C)F. The van der Waals surface area contributed by atoms with Crippen molar-refractivity contribution in [3.05, 3.63) is 65.0 Å². The highest BCUT2D eigenvalue weighted by atomic mass is 35.5. The van der Waals surface area contributed by atoms with Crippen LogP contribution in [-0.4, -0.2) is 51.6 Å². The van der Waals surface area contributed by atoms with Gasteiger partial charge in [-0.05, 0) is 24.3 Å². The van der Waals surface area contributed by atoms with Crippen LogP contribution in [0.4, 0.5) is 29.2 Å². The molecular weight excluding hydrogens is 490 g/mol. The summed E-state index contributed by atoms with van der Waals surface area (Å²) in [4.78, 5) is 30.5. The molecule has 0 bridgehead atoms. The Kier molecular flexibility index (Phi) is 6.21. The predicted octanol–water partition coefficient (Wildman–Crippen LogP) is 4.32. The van der Waals surface area contributed by atoms with Gasteiger partial charge in [-0.2, -0.15) is 13.2 Å². The van der Waals surface area contributed by atoms with Gasteiger partial charge in [-0.25, -0.2) is 25.9 Å². The van der Waals surface area contributed by atoms with Gasteiger partial charge in [0, 0.05) is 24.0 Å². The van der Waals surface area contributed by atoms with Crippen LogP contribution in [0.5, 0.6) is 0 Å². The van der Waals surface area contributed by atoms with Gasteiger partial charge in [0.1, 0.15) is 24.5 Å². The van der Waals surface area contributed by atoms with E-state index in [1.807, 2.05) is 0 Å². The van der Waals surface area contributed by atoms with Crippen LogP contribution in [0.1, 0.15) is 5.56 Å². The number of nitrogens with two attached hydrogens (primary N) is 1. The molecule has 1 fully saturated rings. The van der Waals surface area contributed by atoms with Gasteiger partial charge in [0.2, 0.25) is 0 Å². The molecule has 2 aromatic heterocycles. The van der Waals surface area contributed by atoms with Gasteiger partial charge in [-0.15, -0.1) is 0 Å². The minimum absolute atomic E-state index is 0.0145. The molecule has 2 N–H and O–H groups in total. The van der Waals surface area contributed by atoms with Crippen molar-refractivity contribution in [2.45, 2.75) is 12.3 Å². The molecule has 13 heteroatoms. The van der Waals surface area contributed by atoms with Crippen LogP contribution in [-0.2, 0) is 11.0 Å². The summed E-state index contributed by atoms with van der Waals surface area (Å²) in [5.41, 5.74) is 4.46.